The van der Waals surface area contributed by atoms with Gasteiger partial charge < -0.3 is 11.1 Å². The molecule has 1 aromatic rings. The Hall–Kier alpha value is -1.51. The second-order valence-corrected chi connectivity index (χ2v) is 6.52. The van der Waals surface area contributed by atoms with Gasteiger partial charge in [0.25, 0.3) is 0 Å². The van der Waals surface area contributed by atoms with Crippen molar-refractivity contribution in [2.45, 2.75) is 46.1 Å². The van der Waals surface area contributed by atoms with E-state index in [1.807, 2.05) is 12.1 Å². The second kappa shape index (κ2) is 6.29. The van der Waals surface area contributed by atoms with Gasteiger partial charge in [-0.15, -0.1) is 0 Å². The highest BCUT2D eigenvalue weighted by atomic mass is 16.1. The summed E-state index contributed by atoms with van der Waals surface area (Å²) in [6.07, 6.45) is 3.86. The summed E-state index contributed by atoms with van der Waals surface area (Å²) >= 11 is 0. The molecule has 1 amide bonds. The normalized spacial score (nSPS) is 26.5. The Morgan fingerprint density at radius 2 is 1.90 bits per heavy atom. The Morgan fingerprint density at radius 3 is 2.45 bits per heavy atom. The highest BCUT2D eigenvalue weighted by Gasteiger charge is 2.30. The van der Waals surface area contributed by atoms with Crippen molar-refractivity contribution in [1.82, 2.24) is 0 Å². The van der Waals surface area contributed by atoms with Crippen LogP contribution in [0.4, 0.5) is 5.69 Å². The van der Waals surface area contributed by atoms with Crippen molar-refractivity contribution < 1.29 is 4.79 Å². The summed E-state index contributed by atoms with van der Waals surface area (Å²) in [5, 5.41) is 3.66. The third kappa shape index (κ3) is 3.53. The minimum absolute atomic E-state index is 0.372. The molecule has 2 rings (SSSR count). The number of nitrogens with two attached hydrogens (primary N) is 1. The van der Waals surface area contributed by atoms with Crippen LogP contribution in [0.15, 0.2) is 24.3 Å². The smallest absolute Gasteiger partial charge is 0.248 e. The molecule has 0 heterocycles. The Balaban J connectivity index is 2.07. The van der Waals surface area contributed by atoms with E-state index in [1.165, 1.54) is 19.3 Å². The van der Waals surface area contributed by atoms with Crippen molar-refractivity contribution in [3.05, 3.63) is 29.8 Å². The number of rotatable bonds is 4. The van der Waals surface area contributed by atoms with Gasteiger partial charge in [-0.05, 0) is 54.9 Å². The molecule has 0 aliphatic heterocycles. The Kier molecular flexibility index (Phi) is 4.69. The van der Waals surface area contributed by atoms with Gasteiger partial charge in [0, 0.05) is 17.3 Å². The van der Waals surface area contributed by atoms with Crippen molar-refractivity contribution in [2.75, 3.05) is 5.32 Å². The molecule has 20 heavy (non-hydrogen) atoms. The number of nitrogens with one attached hydrogen (secondary N) is 1. The molecule has 3 unspecified atom stereocenters. The average Bonchev–Trinajstić information content (AvgIpc) is 2.39. The maximum absolute atomic E-state index is 11.1. The SMILES string of the molecule is CC1CCC(C(C)C)C(Nc2ccc(C(N)=O)cc2)C1. The number of carbonyl (C=O) groups excluding carboxylic acids is 1. The number of benzene rings is 1. The number of primary amides is 1. The van der Waals surface area contributed by atoms with Crippen molar-refractivity contribution >= 4 is 11.6 Å². The Labute approximate surface area is 121 Å². The molecule has 0 spiro atoms. The number of hydrogen-bond acceptors (Lipinski definition) is 2. The summed E-state index contributed by atoms with van der Waals surface area (Å²) < 4.78 is 0. The zero-order chi connectivity index (χ0) is 14.7. The first kappa shape index (κ1) is 14.9. The van der Waals surface area contributed by atoms with Crippen LogP contribution in [0.3, 0.4) is 0 Å². The number of carbonyl (C=O) groups is 1. The summed E-state index contributed by atoms with van der Waals surface area (Å²) in [6.45, 7) is 6.96. The lowest BCUT2D eigenvalue weighted by atomic mass is 9.74. The first-order valence-corrected chi connectivity index (χ1v) is 7.63. The summed E-state index contributed by atoms with van der Waals surface area (Å²) in [4.78, 5) is 11.1. The molecule has 3 heteroatoms. The van der Waals surface area contributed by atoms with Gasteiger partial charge in [-0.3, -0.25) is 4.79 Å². The van der Waals surface area contributed by atoms with Gasteiger partial charge in [0.15, 0.2) is 0 Å². The highest BCUT2D eigenvalue weighted by Crippen LogP contribution is 2.35. The number of hydrogen-bond donors (Lipinski definition) is 2. The lowest BCUT2D eigenvalue weighted by molar-refractivity contribution is 0.100. The predicted molar refractivity (Wildman–Crippen MR) is 83.7 cm³/mol. The van der Waals surface area contributed by atoms with E-state index in [0.29, 0.717) is 17.5 Å². The van der Waals surface area contributed by atoms with Crippen molar-refractivity contribution in [3.63, 3.8) is 0 Å². The topological polar surface area (TPSA) is 55.1 Å². The van der Waals surface area contributed by atoms with E-state index in [-0.39, 0.29) is 5.91 Å². The Bertz CT molecular complexity index is 453. The summed E-state index contributed by atoms with van der Waals surface area (Å²) in [5.41, 5.74) is 6.91. The maximum Gasteiger partial charge on any atom is 0.248 e. The molecule has 0 saturated heterocycles. The van der Waals surface area contributed by atoms with E-state index >= 15 is 0 Å². The lowest BCUT2D eigenvalue weighted by Crippen LogP contribution is -2.37. The van der Waals surface area contributed by atoms with Crippen LogP contribution in [0.25, 0.3) is 0 Å². The molecule has 110 valence electrons. The average molecular weight is 274 g/mol. The fraction of sp³-hybridized carbons (Fsp3) is 0.588. The molecule has 1 aromatic carbocycles. The molecule has 1 aliphatic rings. The molecule has 1 fully saturated rings. The second-order valence-electron chi connectivity index (χ2n) is 6.52. The molecular weight excluding hydrogens is 248 g/mol. The minimum atomic E-state index is -0.372. The van der Waals surface area contributed by atoms with Gasteiger partial charge in [0.2, 0.25) is 5.91 Å². The summed E-state index contributed by atoms with van der Waals surface area (Å²) in [7, 11) is 0. The fourth-order valence-electron chi connectivity index (χ4n) is 3.31. The molecule has 0 bridgehead atoms. The highest BCUT2D eigenvalue weighted by molar-refractivity contribution is 5.93. The van der Waals surface area contributed by atoms with Gasteiger partial charge in [0.1, 0.15) is 0 Å². The maximum atomic E-state index is 11.1. The Morgan fingerprint density at radius 1 is 1.25 bits per heavy atom. The first-order valence-electron chi connectivity index (χ1n) is 7.63. The fourth-order valence-corrected chi connectivity index (χ4v) is 3.31. The summed E-state index contributed by atoms with van der Waals surface area (Å²) in [6, 6.07) is 8.02. The van der Waals surface area contributed by atoms with E-state index in [0.717, 1.165) is 17.5 Å². The van der Waals surface area contributed by atoms with Crippen LogP contribution >= 0.6 is 0 Å². The third-order valence-corrected chi connectivity index (χ3v) is 4.54. The van der Waals surface area contributed by atoms with E-state index in [4.69, 9.17) is 5.73 Å². The third-order valence-electron chi connectivity index (χ3n) is 4.54. The molecule has 1 aliphatic carbocycles. The van der Waals surface area contributed by atoms with E-state index in [1.54, 1.807) is 12.1 Å². The molecule has 1 saturated carbocycles. The van der Waals surface area contributed by atoms with Crippen LogP contribution in [0.2, 0.25) is 0 Å². The van der Waals surface area contributed by atoms with E-state index < -0.39 is 0 Å². The standard InChI is InChI=1S/C17H26N2O/c1-11(2)15-9-4-12(3)10-16(15)19-14-7-5-13(6-8-14)17(18)20/h5-8,11-12,15-16,19H,4,9-10H2,1-3H3,(H2,18,20). The van der Waals surface area contributed by atoms with Crippen LogP contribution in [-0.2, 0) is 0 Å². The lowest BCUT2D eigenvalue weighted by Gasteiger charge is -2.38. The largest absolute Gasteiger partial charge is 0.382 e. The van der Waals surface area contributed by atoms with Gasteiger partial charge in [-0.1, -0.05) is 27.2 Å². The monoisotopic (exact) mass is 274 g/mol. The van der Waals surface area contributed by atoms with Crippen LogP contribution in [0.1, 0.15) is 50.4 Å². The molecule has 3 N–H and O–H groups in total. The van der Waals surface area contributed by atoms with Gasteiger partial charge >= 0.3 is 0 Å². The van der Waals surface area contributed by atoms with Crippen molar-refractivity contribution in [2.24, 2.45) is 23.5 Å². The molecule has 0 radical (unpaired) electrons. The summed E-state index contributed by atoms with van der Waals surface area (Å²) in [5.74, 6) is 1.84. The van der Waals surface area contributed by atoms with E-state index in [2.05, 4.69) is 26.1 Å². The molecular formula is C17H26N2O. The predicted octanol–water partition coefficient (Wildman–Crippen LogP) is 3.66. The minimum Gasteiger partial charge on any atom is -0.382 e. The van der Waals surface area contributed by atoms with Gasteiger partial charge in [0.05, 0.1) is 0 Å². The molecule has 3 atom stereocenters. The van der Waals surface area contributed by atoms with Gasteiger partial charge in [-0.25, -0.2) is 0 Å². The quantitative estimate of drug-likeness (QED) is 0.880. The zero-order valence-corrected chi connectivity index (χ0v) is 12.7. The van der Waals surface area contributed by atoms with Crippen molar-refractivity contribution in [3.8, 4) is 0 Å². The number of amides is 1. The van der Waals surface area contributed by atoms with Crippen molar-refractivity contribution in [1.29, 1.82) is 0 Å². The van der Waals surface area contributed by atoms with Crippen LogP contribution in [-0.4, -0.2) is 11.9 Å². The van der Waals surface area contributed by atoms with Crippen LogP contribution < -0.4 is 11.1 Å². The van der Waals surface area contributed by atoms with E-state index in [9.17, 15) is 4.79 Å². The molecule has 3 nitrogen and oxygen atoms in total. The van der Waals surface area contributed by atoms with Crippen LogP contribution in [0.5, 0.6) is 0 Å². The first-order chi connectivity index (χ1) is 9.47. The molecule has 0 aromatic heterocycles. The zero-order valence-electron chi connectivity index (χ0n) is 12.7. The number of anilines is 1. The van der Waals surface area contributed by atoms with Gasteiger partial charge in [-0.2, -0.15) is 0 Å². The van der Waals surface area contributed by atoms with Crippen LogP contribution in [0, 0.1) is 17.8 Å².